The highest BCUT2D eigenvalue weighted by Crippen LogP contribution is 2.13. The van der Waals surface area contributed by atoms with E-state index in [9.17, 15) is 8.42 Å². The third-order valence-corrected chi connectivity index (χ3v) is 4.62. The first kappa shape index (κ1) is 15.9. The summed E-state index contributed by atoms with van der Waals surface area (Å²) in [7, 11) is -1.43. The smallest absolute Gasteiger partial charge is 0.215 e. The summed E-state index contributed by atoms with van der Waals surface area (Å²) < 4.78 is 25.3. The summed E-state index contributed by atoms with van der Waals surface area (Å²) >= 11 is 0. The Balaban J connectivity index is 4.27. The van der Waals surface area contributed by atoms with Crippen molar-refractivity contribution in [2.75, 3.05) is 25.9 Å². The molecule has 1 N–H and O–H groups in total. The molecule has 0 aromatic heterocycles. The lowest BCUT2D eigenvalue weighted by molar-refractivity contribution is 0.337. The van der Waals surface area contributed by atoms with Crippen molar-refractivity contribution in [3.05, 3.63) is 0 Å². The van der Waals surface area contributed by atoms with Crippen LogP contribution in [0, 0.1) is 5.92 Å². The Kier molecular flexibility index (Phi) is 7.19. The van der Waals surface area contributed by atoms with E-state index >= 15 is 0 Å². The van der Waals surface area contributed by atoms with E-state index in [-0.39, 0.29) is 11.8 Å². The van der Waals surface area contributed by atoms with Crippen LogP contribution in [-0.2, 0) is 10.0 Å². The molecule has 0 aliphatic carbocycles. The van der Waals surface area contributed by atoms with Crippen LogP contribution in [-0.4, -0.2) is 44.7 Å². The number of hydrogen-bond acceptors (Lipinski definition) is 3. The normalized spacial score (nSPS) is 14.7. The molecule has 0 amide bonds. The lowest BCUT2D eigenvalue weighted by Gasteiger charge is -2.25. The highest BCUT2D eigenvalue weighted by molar-refractivity contribution is 7.89. The third-order valence-electron chi connectivity index (χ3n) is 2.66. The van der Waals surface area contributed by atoms with Gasteiger partial charge < -0.3 is 5.32 Å². The zero-order valence-electron chi connectivity index (χ0n) is 11.2. The van der Waals surface area contributed by atoms with Gasteiger partial charge in [-0.2, -0.15) is 0 Å². The fourth-order valence-electron chi connectivity index (χ4n) is 1.63. The van der Waals surface area contributed by atoms with Gasteiger partial charge in [0, 0.05) is 19.6 Å². The van der Waals surface area contributed by atoms with Crippen molar-refractivity contribution < 1.29 is 8.42 Å². The van der Waals surface area contributed by atoms with Crippen molar-refractivity contribution in [2.24, 2.45) is 5.92 Å². The lowest BCUT2D eigenvalue weighted by atomic mass is 10.1. The van der Waals surface area contributed by atoms with E-state index in [0.717, 1.165) is 13.0 Å². The minimum Gasteiger partial charge on any atom is -0.316 e. The molecule has 0 bridgehead atoms. The van der Waals surface area contributed by atoms with Crippen molar-refractivity contribution in [3.63, 3.8) is 0 Å². The Bertz CT molecular complexity index is 276. The molecule has 0 aliphatic rings. The van der Waals surface area contributed by atoms with Crippen molar-refractivity contribution in [2.45, 2.75) is 40.2 Å². The number of rotatable bonds is 8. The third kappa shape index (κ3) is 5.82. The number of nitrogens with zero attached hydrogens (tertiary/aromatic N) is 1. The molecule has 1 unspecified atom stereocenters. The van der Waals surface area contributed by atoms with Gasteiger partial charge in [0.15, 0.2) is 0 Å². The predicted octanol–water partition coefficient (Wildman–Crippen LogP) is 1.29. The summed E-state index contributed by atoms with van der Waals surface area (Å²) in [6.45, 7) is 9.48. The summed E-state index contributed by atoms with van der Waals surface area (Å²) in [6, 6.07) is 0.0756. The zero-order chi connectivity index (χ0) is 12.8. The number of nitrogens with one attached hydrogen (secondary N) is 1. The Labute approximate surface area is 100 Å². The van der Waals surface area contributed by atoms with Crippen LogP contribution in [0.25, 0.3) is 0 Å². The van der Waals surface area contributed by atoms with Gasteiger partial charge in [0.2, 0.25) is 10.0 Å². The maximum absolute atomic E-state index is 11.9. The van der Waals surface area contributed by atoms with Crippen molar-refractivity contribution in [1.29, 1.82) is 0 Å². The van der Waals surface area contributed by atoms with Gasteiger partial charge in [0.05, 0.1) is 5.75 Å². The summed E-state index contributed by atoms with van der Waals surface area (Å²) in [5.41, 5.74) is 0. The van der Waals surface area contributed by atoms with Crippen LogP contribution in [0.3, 0.4) is 0 Å². The highest BCUT2D eigenvalue weighted by Gasteiger charge is 2.22. The fourth-order valence-corrected chi connectivity index (χ4v) is 2.95. The molecule has 0 rings (SSSR count). The highest BCUT2D eigenvalue weighted by atomic mass is 32.2. The van der Waals surface area contributed by atoms with Crippen molar-refractivity contribution in [3.8, 4) is 0 Å². The van der Waals surface area contributed by atoms with Crippen molar-refractivity contribution >= 4 is 10.0 Å². The molecule has 0 saturated carbocycles. The minimum absolute atomic E-state index is 0.0756. The quantitative estimate of drug-likeness (QED) is 0.661. The van der Waals surface area contributed by atoms with E-state index in [0.29, 0.717) is 12.5 Å². The first-order valence-corrected chi connectivity index (χ1v) is 7.58. The van der Waals surface area contributed by atoms with Crippen LogP contribution in [0.1, 0.15) is 34.1 Å². The molecular weight excluding hydrogens is 224 g/mol. The molecule has 0 spiro atoms. The summed E-state index contributed by atoms with van der Waals surface area (Å²) in [5, 5.41) is 3.03. The van der Waals surface area contributed by atoms with Crippen LogP contribution in [0.5, 0.6) is 0 Å². The van der Waals surface area contributed by atoms with Crippen LogP contribution in [0.4, 0.5) is 0 Å². The zero-order valence-corrected chi connectivity index (χ0v) is 12.0. The topological polar surface area (TPSA) is 49.4 Å². The molecule has 0 aromatic carbocycles. The Morgan fingerprint density at radius 1 is 1.25 bits per heavy atom. The molecule has 16 heavy (non-hydrogen) atoms. The first-order valence-electron chi connectivity index (χ1n) is 5.97. The van der Waals surface area contributed by atoms with Gasteiger partial charge in [-0.1, -0.05) is 20.8 Å². The SMILES string of the molecule is CCNCCS(=O)(=O)N(C)C(C)CC(C)C. The van der Waals surface area contributed by atoms with E-state index in [1.54, 1.807) is 7.05 Å². The molecule has 1 atom stereocenters. The molecule has 5 heteroatoms. The number of hydrogen-bond donors (Lipinski definition) is 1. The molecule has 0 fully saturated rings. The van der Waals surface area contributed by atoms with Gasteiger partial charge in [-0.25, -0.2) is 12.7 Å². The van der Waals surface area contributed by atoms with Crippen molar-refractivity contribution in [1.82, 2.24) is 9.62 Å². The maximum atomic E-state index is 11.9. The first-order chi connectivity index (χ1) is 7.31. The molecule has 0 aromatic rings. The second kappa shape index (κ2) is 7.25. The molecule has 0 radical (unpaired) electrons. The number of sulfonamides is 1. The monoisotopic (exact) mass is 250 g/mol. The summed E-state index contributed by atoms with van der Waals surface area (Å²) in [4.78, 5) is 0. The second-order valence-corrected chi connectivity index (χ2v) is 6.81. The second-order valence-electron chi connectivity index (χ2n) is 4.66. The maximum Gasteiger partial charge on any atom is 0.215 e. The van der Waals surface area contributed by atoms with E-state index < -0.39 is 10.0 Å². The van der Waals surface area contributed by atoms with Gasteiger partial charge in [-0.05, 0) is 25.8 Å². The van der Waals surface area contributed by atoms with Gasteiger partial charge in [-0.15, -0.1) is 0 Å². The minimum atomic E-state index is -3.11. The lowest BCUT2D eigenvalue weighted by Crippen LogP contribution is -2.39. The molecule has 0 heterocycles. The predicted molar refractivity (Wildman–Crippen MR) is 69.0 cm³/mol. The van der Waals surface area contributed by atoms with Gasteiger partial charge >= 0.3 is 0 Å². The summed E-state index contributed by atoms with van der Waals surface area (Å²) in [6.07, 6.45) is 0.900. The largest absolute Gasteiger partial charge is 0.316 e. The average molecular weight is 250 g/mol. The van der Waals surface area contributed by atoms with Crippen LogP contribution >= 0.6 is 0 Å². The van der Waals surface area contributed by atoms with Crippen LogP contribution < -0.4 is 5.32 Å². The molecule has 0 aliphatic heterocycles. The van der Waals surface area contributed by atoms with Gasteiger partial charge in [0.1, 0.15) is 0 Å². The van der Waals surface area contributed by atoms with E-state index in [1.807, 2.05) is 13.8 Å². The van der Waals surface area contributed by atoms with Gasteiger partial charge in [0.25, 0.3) is 0 Å². The van der Waals surface area contributed by atoms with Gasteiger partial charge in [-0.3, -0.25) is 0 Å². The average Bonchev–Trinajstić information content (AvgIpc) is 2.15. The van der Waals surface area contributed by atoms with Crippen LogP contribution in [0.2, 0.25) is 0 Å². The van der Waals surface area contributed by atoms with E-state index in [4.69, 9.17) is 0 Å². The Hall–Kier alpha value is -0.130. The summed E-state index contributed by atoms with van der Waals surface area (Å²) in [5.74, 6) is 0.696. The van der Waals surface area contributed by atoms with E-state index in [1.165, 1.54) is 4.31 Å². The molecular formula is C11H26N2O2S. The molecule has 0 saturated heterocycles. The fraction of sp³-hybridized carbons (Fsp3) is 1.00. The standard InChI is InChI=1S/C11H26N2O2S/c1-6-12-7-8-16(14,15)13(5)11(4)9-10(2)3/h10-12H,6-9H2,1-5H3. The molecule has 4 nitrogen and oxygen atoms in total. The van der Waals surface area contributed by atoms with E-state index in [2.05, 4.69) is 19.2 Å². The Morgan fingerprint density at radius 2 is 1.81 bits per heavy atom. The Morgan fingerprint density at radius 3 is 2.25 bits per heavy atom. The van der Waals surface area contributed by atoms with Crippen LogP contribution in [0.15, 0.2) is 0 Å². The molecule has 98 valence electrons.